The lowest BCUT2D eigenvalue weighted by Crippen LogP contribution is -2.55. The molecule has 16 heavy (non-hydrogen) atoms. The monoisotopic (exact) mass is 227 g/mol. The lowest BCUT2D eigenvalue weighted by atomic mass is 9.87. The zero-order valence-electron chi connectivity index (χ0n) is 10.2. The minimum Gasteiger partial charge on any atom is -0.479 e. The SMILES string of the molecule is CCCC(CCC)(C(=O)O)N1CCCC1=O. The normalized spacial score (nSPS) is 16.9. The maximum absolute atomic E-state index is 11.7. The number of carbonyl (C=O) groups is 2. The van der Waals surface area contributed by atoms with Crippen LogP contribution in [0.15, 0.2) is 0 Å². The van der Waals surface area contributed by atoms with E-state index in [9.17, 15) is 14.7 Å². The van der Waals surface area contributed by atoms with Crippen LogP contribution in [0.4, 0.5) is 0 Å². The smallest absolute Gasteiger partial charge is 0.329 e. The maximum Gasteiger partial charge on any atom is 0.329 e. The third-order valence-corrected chi connectivity index (χ3v) is 3.32. The van der Waals surface area contributed by atoms with Crippen LogP contribution in [0.3, 0.4) is 0 Å². The molecule has 1 saturated heterocycles. The van der Waals surface area contributed by atoms with Crippen LogP contribution in [0, 0.1) is 0 Å². The highest BCUT2D eigenvalue weighted by atomic mass is 16.4. The summed E-state index contributed by atoms with van der Waals surface area (Å²) in [6.45, 7) is 4.53. The van der Waals surface area contributed by atoms with Crippen LogP contribution < -0.4 is 0 Å². The molecule has 0 aromatic carbocycles. The Kier molecular flexibility index (Phi) is 4.33. The Hall–Kier alpha value is -1.06. The fraction of sp³-hybridized carbons (Fsp3) is 0.833. The number of rotatable bonds is 6. The Bertz CT molecular complexity index is 269. The molecule has 1 heterocycles. The van der Waals surface area contributed by atoms with Crippen molar-refractivity contribution in [3.8, 4) is 0 Å². The van der Waals surface area contributed by atoms with Gasteiger partial charge >= 0.3 is 5.97 Å². The third kappa shape index (κ3) is 2.20. The van der Waals surface area contributed by atoms with E-state index in [4.69, 9.17) is 0 Å². The van der Waals surface area contributed by atoms with Crippen LogP contribution in [-0.2, 0) is 9.59 Å². The molecule has 0 aliphatic carbocycles. The van der Waals surface area contributed by atoms with Gasteiger partial charge in [0.2, 0.25) is 5.91 Å². The van der Waals surface area contributed by atoms with Gasteiger partial charge in [-0.1, -0.05) is 26.7 Å². The minimum atomic E-state index is -0.947. The molecule has 92 valence electrons. The standard InChI is InChI=1S/C12H21NO3/c1-3-7-12(8-4-2,11(15)16)13-9-5-6-10(13)14/h3-9H2,1-2H3,(H,15,16). The van der Waals surface area contributed by atoms with Crippen molar-refractivity contribution in [1.82, 2.24) is 4.90 Å². The summed E-state index contributed by atoms with van der Waals surface area (Å²) in [5.41, 5.74) is -0.947. The molecule has 1 aliphatic heterocycles. The van der Waals surface area contributed by atoms with Gasteiger partial charge in [0, 0.05) is 13.0 Å². The van der Waals surface area contributed by atoms with E-state index in [0.29, 0.717) is 25.8 Å². The van der Waals surface area contributed by atoms with Crippen molar-refractivity contribution in [2.45, 2.75) is 57.9 Å². The molecule has 1 amide bonds. The number of amides is 1. The molecule has 0 aromatic rings. The second-order valence-electron chi connectivity index (χ2n) is 4.49. The lowest BCUT2D eigenvalue weighted by Gasteiger charge is -2.38. The first kappa shape index (κ1) is 13.0. The zero-order valence-corrected chi connectivity index (χ0v) is 10.2. The van der Waals surface area contributed by atoms with Crippen LogP contribution in [0.1, 0.15) is 52.4 Å². The number of likely N-dealkylation sites (tertiary alicyclic amines) is 1. The fourth-order valence-corrected chi connectivity index (χ4v) is 2.65. The Labute approximate surface area is 96.6 Å². The molecule has 4 nitrogen and oxygen atoms in total. The summed E-state index contributed by atoms with van der Waals surface area (Å²) >= 11 is 0. The number of carbonyl (C=O) groups excluding carboxylic acids is 1. The maximum atomic E-state index is 11.7. The second-order valence-corrected chi connectivity index (χ2v) is 4.49. The summed E-state index contributed by atoms with van der Waals surface area (Å²) < 4.78 is 0. The van der Waals surface area contributed by atoms with Crippen LogP contribution in [0.2, 0.25) is 0 Å². The summed E-state index contributed by atoms with van der Waals surface area (Å²) in [5.74, 6) is -0.837. The summed E-state index contributed by atoms with van der Waals surface area (Å²) in [6, 6.07) is 0. The lowest BCUT2D eigenvalue weighted by molar-refractivity contribution is -0.158. The van der Waals surface area contributed by atoms with E-state index in [1.54, 1.807) is 4.90 Å². The number of hydrogen-bond acceptors (Lipinski definition) is 2. The predicted molar refractivity (Wildman–Crippen MR) is 61.1 cm³/mol. The van der Waals surface area contributed by atoms with Crippen molar-refractivity contribution in [2.75, 3.05) is 6.54 Å². The molecule has 1 rings (SSSR count). The molecule has 0 aromatic heterocycles. The molecular formula is C12H21NO3. The highest BCUT2D eigenvalue weighted by Crippen LogP contribution is 2.31. The highest BCUT2D eigenvalue weighted by molar-refractivity contribution is 5.88. The average molecular weight is 227 g/mol. The van der Waals surface area contributed by atoms with Gasteiger partial charge in [0.05, 0.1) is 0 Å². The molecule has 0 saturated carbocycles. The van der Waals surface area contributed by atoms with Crippen molar-refractivity contribution in [1.29, 1.82) is 0 Å². The van der Waals surface area contributed by atoms with Crippen molar-refractivity contribution in [2.24, 2.45) is 0 Å². The predicted octanol–water partition coefficient (Wildman–Crippen LogP) is 2.03. The number of carboxylic acids is 1. The van der Waals surface area contributed by atoms with Gasteiger partial charge in [0.1, 0.15) is 5.54 Å². The molecule has 0 radical (unpaired) electrons. The Morgan fingerprint density at radius 2 is 1.94 bits per heavy atom. The van der Waals surface area contributed by atoms with Crippen LogP contribution in [-0.4, -0.2) is 34.0 Å². The molecule has 1 N–H and O–H groups in total. The minimum absolute atomic E-state index is 0.00398. The van der Waals surface area contributed by atoms with Gasteiger partial charge in [-0.25, -0.2) is 4.79 Å². The number of aliphatic carboxylic acids is 1. The summed E-state index contributed by atoms with van der Waals surface area (Å²) in [5, 5.41) is 9.47. The molecule has 0 bridgehead atoms. The molecule has 0 unspecified atom stereocenters. The van der Waals surface area contributed by atoms with E-state index in [1.807, 2.05) is 13.8 Å². The van der Waals surface area contributed by atoms with Crippen molar-refractivity contribution in [3.63, 3.8) is 0 Å². The Morgan fingerprint density at radius 3 is 2.25 bits per heavy atom. The van der Waals surface area contributed by atoms with E-state index in [2.05, 4.69) is 0 Å². The van der Waals surface area contributed by atoms with Gasteiger partial charge in [-0.2, -0.15) is 0 Å². The highest BCUT2D eigenvalue weighted by Gasteiger charge is 2.46. The van der Waals surface area contributed by atoms with E-state index in [1.165, 1.54) is 0 Å². The first-order chi connectivity index (χ1) is 7.58. The van der Waals surface area contributed by atoms with E-state index in [0.717, 1.165) is 19.3 Å². The Morgan fingerprint density at radius 1 is 1.38 bits per heavy atom. The van der Waals surface area contributed by atoms with E-state index < -0.39 is 11.5 Å². The van der Waals surface area contributed by atoms with E-state index in [-0.39, 0.29) is 5.91 Å². The molecular weight excluding hydrogens is 206 g/mol. The fourth-order valence-electron chi connectivity index (χ4n) is 2.65. The van der Waals surface area contributed by atoms with Gasteiger partial charge in [0.25, 0.3) is 0 Å². The average Bonchev–Trinajstić information content (AvgIpc) is 2.64. The topological polar surface area (TPSA) is 57.6 Å². The quantitative estimate of drug-likeness (QED) is 0.755. The number of nitrogens with zero attached hydrogens (tertiary/aromatic N) is 1. The number of hydrogen-bond donors (Lipinski definition) is 1. The zero-order chi connectivity index (χ0) is 12.2. The first-order valence-corrected chi connectivity index (χ1v) is 6.12. The third-order valence-electron chi connectivity index (χ3n) is 3.32. The van der Waals surface area contributed by atoms with Gasteiger partial charge in [0.15, 0.2) is 0 Å². The van der Waals surface area contributed by atoms with Crippen molar-refractivity contribution < 1.29 is 14.7 Å². The van der Waals surface area contributed by atoms with Crippen LogP contribution in [0.25, 0.3) is 0 Å². The summed E-state index contributed by atoms with van der Waals surface area (Å²) in [6.07, 6.45) is 3.99. The van der Waals surface area contributed by atoms with Gasteiger partial charge in [-0.05, 0) is 19.3 Å². The molecule has 4 heteroatoms. The van der Waals surface area contributed by atoms with Crippen molar-refractivity contribution >= 4 is 11.9 Å². The largest absolute Gasteiger partial charge is 0.479 e. The van der Waals surface area contributed by atoms with Gasteiger partial charge < -0.3 is 10.0 Å². The summed E-state index contributed by atoms with van der Waals surface area (Å²) in [4.78, 5) is 24.9. The molecule has 1 fully saturated rings. The Balaban J connectivity index is 2.98. The van der Waals surface area contributed by atoms with Crippen molar-refractivity contribution in [3.05, 3.63) is 0 Å². The van der Waals surface area contributed by atoms with Gasteiger partial charge in [-0.15, -0.1) is 0 Å². The second kappa shape index (κ2) is 5.32. The molecule has 1 aliphatic rings. The van der Waals surface area contributed by atoms with Gasteiger partial charge in [-0.3, -0.25) is 4.79 Å². The molecule has 0 spiro atoms. The van der Waals surface area contributed by atoms with Crippen LogP contribution >= 0.6 is 0 Å². The molecule has 0 atom stereocenters. The summed E-state index contributed by atoms with van der Waals surface area (Å²) in [7, 11) is 0. The number of carboxylic acid groups (broad SMARTS) is 1. The van der Waals surface area contributed by atoms with Crippen LogP contribution in [0.5, 0.6) is 0 Å². The van der Waals surface area contributed by atoms with E-state index >= 15 is 0 Å². The first-order valence-electron chi connectivity index (χ1n) is 6.12.